The predicted molar refractivity (Wildman–Crippen MR) is 123 cm³/mol. The van der Waals surface area contributed by atoms with Crippen molar-refractivity contribution in [2.45, 2.75) is 80.1 Å². The molecule has 2 saturated carbocycles. The largest absolute Gasteiger partial charge is 0.461 e. The number of allylic oxidation sites excluding steroid dienone is 1. The highest BCUT2D eigenvalue weighted by Gasteiger charge is 2.50. The summed E-state index contributed by atoms with van der Waals surface area (Å²) >= 11 is 3.58. The quantitative estimate of drug-likeness (QED) is 0.304. The van der Waals surface area contributed by atoms with Gasteiger partial charge in [-0.2, -0.15) is 0 Å². The number of halogens is 1. The highest BCUT2D eigenvalue weighted by Crippen LogP contribution is 2.59. The molecule has 164 valence electrons. The molecule has 0 N–H and O–H groups in total. The van der Waals surface area contributed by atoms with Crippen molar-refractivity contribution in [1.82, 2.24) is 0 Å². The van der Waals surface area contributed by atoms with Crippen LogP contribution in [0.15, 0.2) is 22.7 Å². The Kier molecular flexibility index (Phi) is 7.98. The van der Waals surface area contributed by atoms with E-state index in [-0.39, 0.29) is 24.3 Å². The van der Waals surface area contributed by atoms with Crippen molar-refractivity contribution in [3.63, 3.8) is 0 Å². The first-order chi connectivity index (χ1) is 13.4. The predicted octanol–water partition coefficient (Wildman–Crippen LogP) is 6.86. The molecule has 0 aliphatic heterocycles. The van der Waals surface area contributed by atoms with E-state index in [0.717, 1.165) is 0 Å². The molecule has 2 aliphatic rings. The van der Waals surface area contributed by atoms with E-state index in [2.05, 4.69) is 41.3 Å². The average Bonchev–Trinajstić information content (AvgIpc) is 3.01. The smallest absolute Gasteiger partial charge is 0.311 e. The van der Waals surface area contributed by atoms with Gasteiger partial charge < -0.3 is 4.74 Å². The molecule has 0 unspecified atom stereocenters. The number of fused-ring (bicyclic) bond motifs is 1. The van der Waals surface area contributed by atoms with E-state index < -0.39 is 5.41 Å². The lowest BCUT2D eigenvalue weighted by atomic mass is 9.61. The Morgan fingerprint density at radius 2 is 1.97 bits per heavy atom. The van der Waals surface area contributed by atoms with Crippen molar-refractivity contribution in [1.29, 1.82) is 0 Å². The Morgan fingerprint density at radius 3 is 2.55 bits per heavy atom. The average molecular weight is 467 g/mol. The molecule has 0 heterocycles. The Balaban J connectivity index is 1.94. The van der Waals surface area contributed by atoms with Gasteiger partial charge in [-0.25, -0.2) is 0 Å². The molecule has 2 aliphatic carbocycles. The molecule has 5 atom stereocenters. The van der Waals surface area contributed by atoms with Gasteiger partial charge in [0, 0.05) is 12.3 Å². The fraction of sp³-hybridized carbons (Fsp3) is 0.760. The van der Waals surface area contributed by atoms with E-state index in [0.29, 0.717) is 35.2 Å². The van der Waals surface area contributed by atoms with Crippen LogP contribution >= 0.6 is 15.9 Å². The summed E-state index contributed by atoms with van der Waals surface area (Å²) in [6.45, 7) is 16.2. The van der Waals surface area contributed by atoms with Crippen LogP contribution in [0.4, 0.5) is 0 Å². The van der Waals surface area contributed by atoms with Crippen LogP contribution in [-0.2, 0) is 14.3 Å². The minimum atomic E-state index is -0.543. The summed E-state index contributed by atoms with van der Waals surface area (Å²) in [5.41, 5.74) is 2.01. The molecule has 0 spiro atoms. The summed E-state index contributed by atoms with van der Waals surface area (Å²) < 4.78 is 5.35. The van der Waals surface area contributed by atoms with E-state index in [1.165, 1.54) is 32.1 Å². The molecule has 0 radical (unpaired) electrons. The molecule has 0 saturated heterocycles. The van der Waals surface area contributed by atoms with Gasteiger partial charge in [0.2, 0.25) is 0 Å². The van der Waals surface area contributed by atoms with Gasteiger partial charge in [-0.15, -0.1) is 0 Å². The highest BCUT2D eigenvalue weighted by molar-refractivity contribution is 9.11. The number of hydrogen-bond donors (Lipinski definition) is 0. The molecule has 29 heavy (non-hydrogen) atoms. The lowest BCUT2D eigenvalue weighted by molar-refractivity contribution is -0.152. The molecule has 2 fully saturated rings. The van der Waals surface area contributed by atoms with Crippen LogP contribution in [-0.4, -0.2) is 18.4 Å². The summed E-state index contributed by atoms with van der Waals surface area (Å²) in [6.07, 6.45) is 6.73. The summed E-state index contributed by atoms with van der Waals surface area (Å²) in [5.74, 6) is 1.28. The molecular weight excluding hydrogens is 428 g/mol. The van der Waals surface area contributed by atoms with Gasteiger partial charge in [-0.05, 0) is 86.6 Å². The number of Topliss-reactive ketones (excluding diaryl/α,β-unsaturated/α-hetero) is 1. The van der Waals surface area contributed by atoms with Crippen molar-refractivity contribution < 1.29 is 14.3 Å². The lowest BCUT2D eigenvalue weighted by Gasteiger charge is -2.44. The summed E-state index contributed by atoms with van der Waals surface area (Å²) in [4.78, 5) is 27.1. The Hall–Kier alpha value is -0.900. The van der Waals surface area contributed by atoms with Crippen molar-refractivity contribution in [2.24, 2.45) is 34.5 Å². The minimum absolute atomic E-state index is 0.125. The third kappa shape index (κ3) is 5.42. The zero-order valence-corrected chi connectivity index (χ0v) is 20.7. The second-order valence-corrected chi connectivity index (χ2v) is 11.1. The van der Waals surface area contributed by atoms with Crippen LogP contribution in [0.1, 0.15) is 80.1 Å². The zero-order chi connectivity index (χ0) is 22.0. The lowest BCUT2D eigenvalue weighted by Crippen LogP contribution is -2.36. The zero-order valence-electron chi connectivity index (χ0n) is 19.1. The van der Waals surface area contributed by atoms with E-state index in [4.69, 9.17) is 4.74 Å². The van der Waals surface area contributed by atoms with Gasteiger partial charge in [0.25, 0.3) is 0 Å². The van der Waals surface area contributed by atoms with Crippen LogP contribution in [0, 0.1) is 34.5 Å². The molecule has 4 heteroatoms. The first kappa shape index (κ1) is 24.4. The number of ether oxygens (including phenoxy) is 1. The number of carbonyl (C=O) groups excluding carboxylic acids is 2. The van der Waals surface area contributed by atoms with Gasteiger partial charge in [-0.1, -0.05) is 48.9 Å². The van der Waals surface area contributed by atoms with Gasteiger partial charge >= 0.3 is 5.97 Å². The molecule has 0 bridgehead atoms. The molecule has 0 aromatic heterocycles. The number of esters is 1. The topological polar surface area (TPSA) is 43.4 Å². The highest BCUT2D eigenvalue weighted by atomic mass is 79.9. The Morgan fingerprint density at radius 1 is 1.31 bits per heavy atom. The third-order valence-corrected chi connectivity index (χ3v) is 8.07. The molecule has 0 amide bonds. The molecule has 0 aromatic rings. The SMILES string of the molecule is C=C(COC(=O)C(C)(C)C)[C@@H](C)C(=O)C[C@@H](C)[C@H]1CC[C@H]2/C(=C/Br)CCC[C@]12C. The first-order valence-electron chi connectivity index (χ1n) is 11.1. The molecule has 0 aromatic carbocycles. The van der Waals surface area contributed by atoms with Crippen LogP contribution in [0.5, 0.6) is 0 Å². The fourth-order valence-corrected chi connectivity index (χ4v) is 6.06. The maximum Gasteiger partial charge on any atom is 0.311 e. The van der Waals surface area contributed by atoms with Crippen LogP contribution < -0.4 is 0 Å². The van der Waals surface area contributed by atoms with Crippen molar-refractivity contribution in [2.75, 3.05) is 6.61 Å². The maximum absolute atomic E-state index is 13.0. The molecule has 3 nitrogen and oxygen atoms in total. The number of ketones is 1. The molecule has 2 rings (SSSR count). The standard InChI is InChI=1S/C25H39BrO3/c1-16(20-10-11-21-19(14-26)9-8-12-25(20,21)7)13-22(27)18(3)17(2)15-29-23(28)24(4,5)6/h14,16,18,20-21H,2,8-13,15H2,1,3-7H3/b19-14+/t16-,18-,20-,21+,25-/m1/s1. The second kappa shape index (κ2) is 9.49. The third-order valence-electron chi connectivity index (χ3n) is 7.48. The Bertz CT molecular complexity index is 672. The van der Waals surface area contributed by atoms with Gasteiger partial charge in [0.05, 0.1) is 5.41 Å². The van der Waals surface area contributed by atoms with Crippen LogP contribution in [0.25, 0.3) is 0 Å². The fourth-order valence-electron chi connectivity index (χ4n) is 5.51. The van der Waals surface area contributed by atoms with Gasteiger partial charge in [0.15, 0.2) is 0 Å². The monoisotopic (exact) mass is 466 g/mol. The van der Waals surface area contributed by atoms with E-state index in [9.17, 15) is 9.59 Å². The number of rotatable bonds is 7. The second-order valence-electron chi connectivity index (χ2n) is 10.6. The number of carbonyl (C=O) groups is 2. The first-order valence-corrected chi connectivity index (χ1v) is 12.0. The van der Waals surface area contributed by atoms with Crippen LogP contribution in [0.2, 0.25) is 0 Å². The van der Waals surface area contributed by atoms with Crippen molar-refractivity contribution in [3.8, 4) is 0 Å². The summed E-state index contributed by atoms with van der Waals surface area (Å²) in [6, 6.07) is 0. The van der Waals surface area contributed by atoms with Crippen LogP contribution in [0.3, 0.4) is 0 Å². The van der Waals surface area contributed by atoms with E-state index >= 15 is 0 Å². The van der Waals surface area contributed by atoms with Gasteiger partial charge in [0.1, 0.15) is 12.4 Å². The maximum atomic E-state index is 13.0. The minimum Gasteiger partial charge on any atom is -0.461 e. The Labute approximate surface area is 185 Å². The van der Waals surface area contributed by atoms with Crippen molar-refractivity contribution in [3.05, 3.63) is 22.7 Å². The molecular formula is C25H39BrO3. The summed E-state index contributed by atoms with van der Waals surface area (Å²) in [7, 11) is 0. The van der Waals surface area contributed by atoms with Crippen molar-refractivity contribution >= 4 is 27.7 Å². The van der Waals surface area contributed by atoms with E-state index in [1.807, 2.05) is 27.7 Å². The normalized spacial score (nSPS) is 30.5. The summed E-state index contributed by atoms with van der Waals surface area (Å²) in [5, 5.41) is 0. The van der Waals surface area contributed by atoms with E-state index in [1.54, 1.807) is 5.57 Å². The van der Waals surface area contributed by atoms with Gasteiger partial charge in [-0.3, -0.25) is 9.59 Å². The number of hydrogen-bond acceptors (Lipinski definition) is 3.